The summed E-state index contributed by atoms with van der Waals surface area (Å²) in [6.07, 6.45) is 0.761. The van der Waals surface area contributed by atoms with Crippen molar-refractivity contribution in [3.63, 3.8) is 0 Å². The molecule has 0 rings (SSSR count). The van der Waals surface area contributed by atoms with E-state index in [4.69, 9.17) is 6.57 Å². The summed E-state index contributed by atoms with van der Waals surface area (Å²) < 4.78 is 4.55. The molecule has 0 bridgehead atoms. The normalized spacial score (nSPS) is 11.7. The summed E-state index contributed by atoms with van der Waals surface area (Å²) >= 11 is 0. The van der Waals surface area contributed by atoms with Crippen LogP contribution >= 0.6 is 0 Å². The minimum absolute atomic E-state index is 0.0817. The van der Waals surface area contributed by atoms with Gasteiger partial charge in [-0.1, -0.05) is 13.8 Å². The van der Waals surface area contributed by atoms with Crippen molar-refractivity contribution < 1.29 is 9.53 Å². The number of carbonyl (C=O) groups is 1. The summed E-state index contributed by atoms with van der Waals surface area (Å²) in [5, 5.41) is 0. The van der Waals surface area contributed by atoms with E-state index in [0.29, 0.717) is 0 Å². The predicted octanol–water partition coefficient (Wildman–Crippen LogP) is 1.45. The van der Waals surface area contributed by atoms with Crippen LogP contribution in [0.25, 0.3) is 4.85 Å². The van der Waals surface area contributed by atoms with Crippen molar-refractivity contribution in [1.29, 1.82) is 0 Å². The van der Waals surface area contributed by atoms with Gasteiger partial charge in [0.1, 0.15) is 0 Å². The summed E-state index contributed by atoms with van der Waals surface area (Å²) in [6.45, 7) is 9.88. The number of nitrogens with zero attached hydrogens (tertiary/aromatic N) is 1. The van der Waals surface area contributed by atoms with Crippen molar-refractivity contribution in [2.45, 2.75) is 20.3 Å². The largest absolute Gasteiger partial charge is 0.393 e. The molecule has 3 heteroatoms. The van der Waals surface area contributed by atoms with E-state index in [9.17, 15) is 4.79 Å². The van der Waals surface area contributed by atoms with Gasteiger partial charge in [-0.25, -0.2) is 6.57 Å². The van der Waals surface area contributed by atoms with E-state index in [1.165, 1.54) is 0 Å². The molecule has 0 heterocycles. The van der Waals surface area contributed by atoms with Crippen LogP contribution < -0.4 is 0 Å². The Morgan fingerprint density at radius 3 is 2.80 bits per heavy atom. The number of hydrogen-bond donors (Lipinski definition) is 0. The Morgan fingerprint density at radius 2 is 2.40 bits per heavy atom. The predicted molar refractivity (Wildman–Crippen MR) is 37.0 cm³/mol. The van der Waals surface area contributed by atoms with Gasteiger partial charge in [-0.2, -0.15) is 0 Å². The van der Waals surface area contributed by atoms with E-state index in [1.807, 2.05) is 6.92 Å². The summed E-state index contributed by atoms with van der Waals surface area (Å²) in [6, 6.07) is 0. The van der Waals surface area contributed by atoms with E-state index in [2.05, 4.69) is 9.58 Å². The molecule has 0 spiro atoms. The second-order valence-electron chi connectivity index (χ2n) is 2.06. The smallest absolute Gasteiger partial charge is 0.359 e. The van der Waals surface area contributed by atoms with E-state index in [0.717, 1.165) is 6.42 Å². The van der Waals surface area contributed by atoms with Gasteiger partial charge in [-0.15, -0.1) is 0 Å². The van der Waals surface area contributed by atoms with Gasteiger partial charge in [0.25, 0.3) is 0 Å². The number of hydrogen-bond acceptors (Lipinski definition) is 2. The molecular weight excluding hydrogens is 130 g/mol. The van der Waals surface area contributed by atoms with Crippen molar-refractivity contribution in [3.05, 3.63) is 11.4 Å². The molecule has 0 aliphatic carbocycles. The molecule has 0 saturated heterocycles. The summed E-state index contributed by atoms with van der Waals surface area (Å²) in [5.74, 6) is -0.361. The van der Waals surface area contributed by atoms with Gasteiger partial charge in [0, 0.05) is 0 Å². The minimum atomic E-state index is -0.279. The van der Waals surface area contributed by atoms with Crippen LogP contribution in [0.3, 0.4) is 0 Å². The Balaban J connectivity index is 3.54. The van der Waals surface area contributed by atoms with Crippen LogP contribution in [0.4, 0.5) is 0 Å². The molecule has 1 unspecified atom stereocenters. The molecule has 56 valence electrons. The topological polar surface area (TPSA) is 30.7 Å². The highest BCUT2D eigenvalue weighted by Crippen LogP contribution is 2.02. The molecule has 0 fully saturated rings. The van der Waals surface area contributed by atoms with Crippen LogP contribution in [0.1, 0.15) is 20.3 Å². The van der Waals surface area contributed by atoms with Gasteiger partial charge in [-0.05, 0) is 6.42 Å². The molecule has 0 N–H and O–H groups in total. The van der Waals surface area contributed by atoms with Crippen LogP contribution in [0.2, 0.25) is 0 Å². The average Bonchev–Trinajstić information content (AvgIpc) is 1.98. The Bertz CT molecular complexity index is 148. The fourth-order valence-electron chi connectivity index (χ4n) is 0.405. The maximum Gasteiger partial charge on any atom is 0.359 e. The van der Waals surface area contributed by atoms with E-state index in [-0.39, 0.29) is 18.6 Å². The summed E-state index contributed by atoms with van der Waals surface area (Å²) in [4.78, 5) is 13.7. The number of esters is 1. The maximum atomic E-state index is 10.8. The summed E-state index contributed by atoms with van der Waals surface area (Å²) in [5.41, 5.74) is 0. The fourth-order valence-corrected chi connectivity index (χ4v) is 0.405. The molecule has 0 radical (unpaired) electrons. The Hall–Kier alpha value is -1.04. The molecule has 0 aromatic heterocycles. The van der Waals surface area contributed by atoms with E-state index >= 15 is 0 Å². The second-order valence-corrected chi connectivity index (χ2v) is 2.06. The average molecular weight is 141 g/mol. The Labute approximate surface area is 60.8 Å². The second kappa shape index (κ2) is 4.80. The first kappa shape index (κ1) is 8.96. The fraction of sp³-hybridized carbons (Fsp3) is 0.714. The zero-order valence-corrected chi connectivity index (χ0v) is 6.26. The van der Waals surface area contributed by atoms with Gasteiger partial charge in [0.05, 0.1) is 5.92 Å². The van der Waals surface area contributed by atoms with E-state index in [1.54, 1.807) is 6.92 Å². The highest BCUT2D eigenvalue weighted by atomic mass is 16.5. The van der Waals surface area contributed by atoms with Crippen molar-refractivity contribution >= 4 is 5.97 Å². The lowest BCUT2D eigenvalue weighted by atomic mass is 10.1. The van der Waals surface area contributed by atoms with Crippen molar-refractivity contribution in [2.24, 2.45) is 5.92 Å². The number of ether oxygens (including phenoxy) is 1. The third kappa shape index (κ3) is 3.08. The highest BCUT2D eigenvalue weighted by Gasteiger charge is 2.11. The lowest BCUT2D eigenvalue weighted by Gasteiger charge is -2.03. The van der Waals surface area contributed by atoms with Gasteiger partial charge in [-0.3, -0.25) is 9.64 Å². The van der Waals surface area contributed by atoms with Gasteiger partial charge in [0.2, 0.25) is 0 Å². The highest BCUT2D eigenvalue weighted by molar-refractivity contribution is 5.71. The molecule has 3 nitrogen and oxygen atoms in total. The zero-order valence-electron chi connectivity index (χ0n) is 6.26. The third-order valence-corrected chi connectivity index (χ3v) is 1.29. The minimum Gasteiger partial charge on any atom is -0.393 e. The first-order chi connectivity index (χ1) is 4.72. The van der Waals surface area contributed by atoms with Crippen LogP contribution in [-0.2, 0) is 9.53 Å². The van der Waals surface area contributed by atoms with Crippen molar-refractivity contribution in [1.82, 2.24) is 0 Å². The Kier molecular flexibility index (Phi) is 4.30. The lowest BCUT2D eigenvalue weighted by molar-refractivity contribution is -0.146. The SMILES string of the molecule is [C-]#[N+]COC(=O)C(C)CC. The first-order valence-electron chi connectivity index (χ1n) is 3.22. The number of rotatable bonds is 3. The zero-order chi connectivity index (χ0) is 7.98. The molecule has 0 saturated carbocycles. The molecular formula is C7H11NO2. The molecule has 0 aromatic carbocycles. The molecule has 0 aliphatic rings. The molecule has 1 atom stereocenters. The Morgan fingerprint density at radius 1 is 1.80 bits per heavy atom. The van der Waals surface area contributed by atoms with Crippen LogP contribution in [0.5, 0.6) is 0 Å². The third-order valence-electron chi connectivity index (χ3n) is 1.29. The maximum absolute atomic E-state index is 10.8. The van der Waals surface area contributed by atoms with E-state index < -0.39 is 0 Å². The lowest BCUT2D eigenvalue weighted by Crippen LogP contribution is -2.13. The van der Waals surface area contributed by atoms with Crippen molar-refractivity contribution in [3.8, 4) is 0 Å². The monoisotopic (exact) mass is 141 g/mol. The van der Waals surface area contributed by atoms with Crippen LogP contribution in [-0.4, -0.2) is 12.7 Å². The van der Waals surface area contributed by atoms with Gasteiger partial charge < -0.3 is 4.74 Å². The first-order valence-corrected chi connectivity index (χ1v) is 3.22. The van der Waals surface area contributed by atoms with Gasteiger partial charge in [0.15, 0.2) is 0 Å². The standard InChI is InChI=1S/C7H11NO2/c1-4-6(2)7(9)10-5-8-3/h6H,4-5H2,1-2H3. The summed E-state index contributed by atoms with van der Waals surface area (Å²) in [7, 11) is 0. The van der Waals surface area contributed by atoms with Crippen molar-refractivity contribution in [2.75, 3.05) is 6.73 Å². The molecule has 0 amide bonds. The van der Waals surface area contributed by atoms with Gasteiger partial charge >= 0.3 is 12.7 Å². The molecule has 0 aromatic rings. The van der Waals surface area contributed by atoms with Crippen LogP contribution in [0, 0.1) is 12.5 Å². The quantitative estimate of drug-likeness (QED) is 0.440. The molecule has 10 heavy (non-hydrogen) atoms. The molecule has 0 aliphatic heterocycles. The number of carbonyl (C=O) groups excluding carboxylic acids is 1. The van der Waals surface area contributed by atoms with Crippen LogP contribution in [0.15, 0.2) is 0 Å².